The Balaban J connectivity index is 1.27. The molecule has 7 rings (SSSR count). The third-order valence-corrected chi connectivity index (χ3v) is 9.60. The van der Waals surface area contributed by atoms with E-state index in [1.54, 1.807) is 19.1 Å². The molecule has 1 saturated heterocycles. The van der Waals surface area contributed by atoms with E-state index in [0.29, 0.717) is 16.9 Å². The van der Waals surface area contributed by atoms with Crippen molar-refractivity contribution in [1.82, 2.24) is 0 Å². The van der Waals surface area contributed by atoms with E-state index in [2.05, 4.69) is 0 Å². The van der Waals surface area contributed by atoms with Gasteiger partial charge in [0.1, 0.15) is 29.4 Å². The van der Waals surface area contributed by atoms with Crippen LogP contribution in [0.3, 0.4) is 0 Å². The van der Waals surface area contributed by atoms with Crippen LogP contribution in [-0.2, 0) is 25.8 Å². The highest BCUT2D eigenvalue weighted by Gasteiger charge is 2.57. The number of nitrogens with zero attached hydrogens (tertiary/aromatic N) is 1. The molecule has 3 N–H and O–H groups in total. The SMILES string of the molecule is CC1=CC(=O)C2=C(C1=O)C(c1ccc(OCc3ccccc3)cc1O)C1=CCC3C(=O)N(c4ccc(C(=O)O)c(O)c4)C(=O)C3C1C2. The fraction of sp³-hybridized carbons (Fsp3) is 0.216. The molecular formula is C37H29NO9. The predicted octanol–water partition coefficient (Wildman–Crippen LogP) is 5.01. The first-order chi connectivity index (χ1) is 22.5. The molecule has 47 heavy (non-hydrogen) atoms. The van der Waals surface area contributed by atoms with Gasteiger partial charge in [0.2, 0.25) is 11.8 Å². The molecule has 3 aromatic carbocycles. The topological polar surface area (TPSA) is 159 Å². The van der Waals surface area contributed by atoms with Crippen molar-refractivity contribution in [3.05, 3.63) is 118 Å². The van der Waals surface area contributed by atoms with Crippen LogP contribution in [0.2, 0.25) is 0 Å². The first-order valence-electron chi connectivity index (χ1n) is 15.2. The van der Waals surface area contributed by atoms with E-state index >= 15 is 0 Å². The van der Waals surface area contributed by atoms with Gasteiger partial charge in [-0.25, -0.2) is 9.69 Å². The lowest BCUT2D eigenvalue weighted by Crippen LogP contribution is -2.39. The predicted molar refractivity (Wildman–Crippen MR) is 168 cm³/mol. The second kappa shape index (κ2) is 11.2. The van der Waals surface area contributed by atoms with Crippen molar-refractivity contribution in [3.63, 3.8) is 0 Å². The standard InChI is InChI=1S/C37H29NO9/c1-18-13-28(39)27-16-26-22(11-12-25-32(26)36(44)38(35(25)43)20-7-9-24(37(45)46)29(40)14-20)31(33(27)34(18)42)23-10-8-21(15-30(23)41)47-17-19-5-3-2-4-6-19/h2-11,13-15,25-26,31-32,40-41H,12,16-17H2,1H3,(H,45,46). The zero-order chi connectivity index (χ0) is 33.1. The number of phenols is 2. The van der Waals surface area contributed by atoms with Gasteiger partial charge < -0.3 is 20.1 Å². The largest absolute Gasteiger partial charge is 0.507 e. The number of ketones is 2. The highest BCUT2D eigenvalue weighted by molar-refractivity contribution is 6.25. The first kappa shape index (κ1) is 29.9. The van der Waals surface area contributed by atoms with Crippen molar-refractivity contribution in [3.8, 4) is 17.2 Å². The van der Waals surface area contributed by atoms with E-state index in [9.17, 15) is 39.3 Å². The zero-order valence-corrected chi connectivity index (χ0v) is 25.2. The number of carbonyl (C=O) groups excluding carboxylic acids is 4. The molecular weight excluding hydrogens is 602 g/mol. The van der Waals surface area contributed by atoms with Crippen molar-refractivity contribution in [2.24, 2.45) is 17.8 Å². The van der Waals surface area contributed by atoms with Crippen LogP contribution in [0.25, 0.3) is 0 Å². The summed E-state index contributed by atoms with van der Waals surface area (Å²) >= 11 is 0. The molecule has 2 amide bonds. The van der Waals surface area contributed by atoms with E-state index in [-0.39, 0.29) is 64.7 Å². The van der Waals surface area contributed by atoms with E-state index in [4.69, 9.17) is 4.74 Å². The number of hydrogen-bond acceptors (Lipinski definition) is 8. The van der Waals surface area contributed by atoms with Crippen LogP contribution in [0.1, 0.15) is 47.2 Å². The Bertz CT molecular complexity index is 2000. The van der Waals surface area contributed by atoms with Crippen LogP contribution in [-0.4, -0.2) is 44.7 Å². The fourth-order valence-electron chi connectivity index (χ4n) is 7.41. The maximum atomic E-state index is 14.1. The minimum atomic E-state index is -1.36. The number of imide groups is 1. The number of aromatic carboxylic acids is 1. The van der Waals surface area contributed by atoms with Crippen molar-refractivity contribution < 1.29 is 44.0 Å². The summed E-state index contributed by atoms with van der Waals surface area (Å²) in [4.78, 5) is 67.2. The number of hydrogen-bond donors (Lipinski definition) is 3. The summed E-state index contributed by atoms with van der Waals surface area (Å²) in [7, 11) is 0. The van der Waals surface area contributed by atoms with E-state index in [1.807, 2.05) is 36.4 Å². The third-order valence-electron chi connectivity index (χ3n) is 9.60. The Morgan fingerprint density at radius 3 is 2.38 bits per heavy atom. The number of rotatable bonds is 6. The summed E-state index contributed by atoms with van der Waals surface area (Å²) in [5, 5.41) is 31.0. The number of phenolic OH excluding ortho intramolecular Hbond substituents is 1. The fourth-order valence-corrected chi connectivity index (χ4v) is 7.41. The highest BCUT2D eigenvalue weighted by atomic mass is 16.5. The average molecular weight is 632 g/mol. The smallest absolute Gasteiger partial charge is 0.339 e. The summed E-state index contributed by atoms with van der Waals surface area (Å²) < 4.78 is 5.89. The maximum absolute atomic E-state index is 14.1. The van der Waals surface area contributed by atoms with Crippen molar-refractivity contribution in [2.75, 3.05) is 4.90 Å². The molecule has 0 bridgehead atoms. The van der Waals surface area contributed by atoms with Crippen LogP contribution in [0, 0.1) is 17.8 Å². The van der Waals surface area contributed by atoms with Gasteiger partial charge in [0.05, 0.1) is 17.5 Å². The van der Waals surface area contributed by atoms with Crippen LogP contribution in [0.4, 0.5) is 5.69 Å². The molecule has 0 spiro atoms. The van der Waals surface area contributed by atoms with E-state index in [1.165, 1.54) is 18.2 Å². The molecule has 1 fully saturated rings. The Kier molecular flexibility index (Phi) is 7.15. The summed E-state index contributed by atoms with van der Waals surface area (Å²) in [6, 6.07) is 17.8. The quantitative estimate of drug-likeness (QED) is 0.193. The lowest BCUT2D eigenvalue weighted by molar-refractivity contribution is -0.123. The van der Waals surface area contributed by atoms with E-state index < -0.39 is 47.2 Å². The zero-order valence-electron chi connectivity index (χ0n) is 25.2. The molecule has 236 valence electrons. The minimum absolute atomic E-state index is 0.0388. The summed E-state index contributed by atoms with van der Waals surface area (Å²) in [6.45, 7) is 1.84. The molecule has 4 atom stereocenters. The molecule has 3 aromatic rings. The van der Waals surface area contributed by atoms with Crippen molar-refractivity contribution in [2.45, 2.75) is 32.3 Å². The normalized spacial score (nSPS) is 23.6. The van der Waals surface area contributed by atoms with Gasteiger partial charge in [0, 0.05) is 40.3 Å². The lowest BCUT2D eigenvalue weighted by atomic mass is 9.59. The number of Topliss-reactive ketones (excluding diaryl/α,β-unsaturated/α-hetero) is 1. The minimum Gasteiger partial charge on any atom is -0.507 e. The van der Waals surface area contributed by atoms with Crippen LogP contribution < -0.4 is 9.64 Å². The molecule has 0 aromatic heterocycles. The number of allylic oxidation sites excluding steroid dienone is 6. The molecule has 1 aliphatic heterocycles. The van der Waals surface area contributed by atoms with Crippen molar-refractivity contribution >= 4 is 35.0 Å². The lowest BCUT2D eigenvalue weighted by Gasteiger charge is -2.42. The number of anilines is 1. The molecule has 10 heteroatoms. The molecule has 0 radical (unpaired) electrons. The summed E-state index contributed by atoms with van der Waals surface area (Å²) in [6.07, 6.45) is 3.35. The van der Waals surface area contributed by atoms with Crippen LogP contribution >= 0.6 is 0 Å². The van der Waals surface area contributed by atoms with Gasteiger partial charge in [-0.05, 0) is 55.5 Å². The summed E-state index contributed by atoms with van der Waals surface area (Å²) in [5.41, 5.74) is 2.43. The van der Waals surface area contributed by atoms with Gasteiger partial charge in [-0.2, -0.15) is 0 Å². The number of ether oxygens (including phenoxy) is 1. The van der Waals surface area contributed by atoms with E-state index in [0.717, 1.165) is 22.6 Å². The Labute approximate surface area is 268 Å². The third kappa shape index (κ3) is 4.84. The van der Waals surface area contributed by atoms with Gasteiger partial charge in [-0.3, -0.25) is 19.2 Å². The maximum Gasteiger partial charge on any atom is 0.339 e. The van der Waals surface area contributed by atoms with Crippen LogP contribution in [0.5, 0.6) is 17.2 Å². The Morgan fingerprint density at radius 2 is 1.68 bits per heavy atom. The molecule has 4 unspecified atom stereocenters. The van der Waals surface area contributed by atoms with Gasteiger partial charge in [0.15, 0.2) is 11.6 Å². The Morgan fingerprint density at radius 1 is 0.915 bits per heavy atom. The van der Waals surface area contributed by atoms with Gasteiger partial charge in [-0.15, -0.1) is 0 Å². The average Bonchev–Trinajstić information content (AvgIpc) is 3.31. The van der Waals surface area contributed by atoms with Gasteiger partial charge in [-0.1, -0.05) is 48.0 Å². The molecule has 4 aliphatic rings. The van der Waals surface area contributed by atoms with Gasteiger partial charge >= 0.3 is 5.97 Å². The molecule has 10 nitrogen and oxygen atoms in total. The number of fused-ring (bicyclic) bond motifs is 3. The summed E-state index contributed by atoms with van der Waals surface area (Å²) in [5.74, 6) is -6.54. The Hall–Kier alpha value is -5.77. The first-order valence-corrected chi connectivity index (χ1v) is 15.2. The number of carboxylic acid groups (broad SMARTS) is 1. The molecule has 1 heterocycles. The molecule has 3 aliphatic carbocycles. The number of benzene rings is 3. The number of carbonyl (C=O) groups is 5. The number of aromatic hydroxyl groups is 2. The number of amides is 2. The number of carboxylic acids is 1. The molecule has 0 saturated carbocycles. The van der Waals surface area contributed by atoms with Crippen molar-refractivity contribution in [1.29, 1.82) is 0 Å². The van der Waals surface area contributed by atoms with Gasteiger partial charge in [0.25, 0.3) is 0 Å². The highest BCUT2D eigenvalue weighted by Crippen LogP contribution is 2.56. The second-order valence-corrected chi connectivity index (χ2v) is 12.2. The van der Waals surface area contributed by atoms with Crippen LogP contribution in [0.15, 0.2) is 101 Å². The second-order valence-electron chi connectivity index (χ2n) is 12.2. The monoisotopic (exact) mass is 631 g/mol.